The summed E-state index contributed by atoms with van der Waals surface area (Å²) < 4.78 is 0.957. The van der Waals surface area contributed by atoms with Crippen molar-refractivity contribution < 1.29 is 4.79 Å². The Hall–Kier alpha value is -2.68. The van der Waals surface area contributed by atoms with Gasteiger partial charge in [0.1, 0.15) is 4.88 Å². The summed E-state index contributed by atoms with van der Waals surface area (Å²) in [5.41, 5.74) is 3.83. The van der Waals surface area contributed by atoms with Gasteiger partial charge in [0.15, 0.2) is 0 Å². The topological polar surface area (TPSA) is 65.2 Å². The zero-order valence-corrected chi connectivity index (χ0v) is 13.4. The van der Waals surface area contributed by atoms with Crippen molar-refractivity contribution in [3.05, 3.63) is 69.6 Å². The van der Waals surface area contributed by atoms with E-state index in [4.69, 9.17) is 16.9 Å². The molecule has 0 aliphatic rings. The molecular formula is C17H10ClN3OS. The van der Waals surface area contributed by atoms with Gasteiger partial charge >= 0.3 is 0 Å². The summed E-state index contributed by atoms with van der Waals surface area (Å²) in [6, 6.07) is 16.5. The minimum Gasteiger partial charge on any atom is -0.266 e. The monoisotopic (exact) mass is 339 g/mol. The van der Waals surface area contributed by atoms with Crippen molar-refractivity contribution in [2.75, 3.05) is 0 Å². The third-order valence-corrected chi connectivity index (χ3v) is 4.83. The number of thiophene rings is 1. The van der Waals surface area contributed by atoms with Gasteiger partial charge in [0.05, 0.1) is 22.9 Å². The largest absolute Gasteiger partial charge is 0.283 e. The van der Waals surface area contributed by atoms with E-state index in [1.807, 2.05) is 30.3 Å². The van der Waals surface area contributed by atoms with E-state index in [1.165, 1.54) is 17.6 Å². The number of carbonyl (C=O) groups is 1. The van der Waals surface area contributed by atoms with Crippen molar-refractivity contribution in [2.45, 2.75) is 0 Å². The summed E-state index contributed by atoms with van der Waals surface area (Å²) in [6.45, 7) is 0. The first kappa shape index (κ1) is 15.2. The number of nitriles is 1. The summed E-state index contributed by atoms with van der Waals surface area (Å²) in [4.78, 5) is 12.6. The second-order valence-electron chi connectivity index (χ2n) is 4.67. The SMILES string of the molecule is N#Cc1ccc(/C=N/NC(=O)c2sc3ccccc3c2Cl)cc1. The number of nitrogens with one attached hydrogen (secondary N) is 1. The van der Waals surface area contributed by atoms with Crippen molar-refractivity contribution in [1.82, 2.24) is 5.43 Å². The number of amides is 1. The average Bonchev–Trinajstić information content (AvgIpc) is 2.93. The molecule has 0 radical (unpaired) electrons. The Morgan fingerprint density at radius 2 is 1.96 bits per heavy atom. The van der Waals surface area contributed by atoms with Gasteiger partial charge in [-0.2, -0.15) is 10.4 Å². The Kier molecular flexibility index (Phi) is 4.38. The minimum atomic E-state index is -0.346. The van der Waals surface area contributed by atoms with Crippen LogP contribution >= 0.6 is 22.9 Å². The van der Waals surface area contributed by atoms with Crippen LogP contribution in [0, 0.1) is 11.3 Å². The number of carbonyl (C=O) groups excluding carboxylic acids is 1. The van der Waals surface area contributed by atoms with Gasteiger partial charge in [-0.1, -0.05) is 41.9 Å². The second kappa shape index (κ2) is 6.61. The summed E-state index contributed by atoms with van der Waals surface area (Å²) in [5.74, 6) is -0.346. The fourth-order valence-electron chi connectivity index (χ4n) is 2.02. The molecule has 4 nitrogen and oxygen atoms in total. The molecule has 1 N–H and O–H groups in total. The van der Waals surface area contributed by atoms with Crippen LogP contribution in [0.2, 0.25) is 5.02 Å². The molecule has 23 heavy (non-hydrogen) atoms. The third-order valence-electron chi connectivity index (χ3n) is 3.16. The van der Waals surface area contributed by atoms with E-state index in [-0.39, 0.29) is 5.91 Å². The van der Waals surface area contributed by atoms with Gasteiger partial charge in [-0.05, 0) is 23.8 Å². The first-order valence-electron chi connectivity index (χ1n) is 6.69. The summed E-state index contributed by atoms with van der Waals surface area (Å²) in [6.07, 6.45) is 1.51. The molecule has 112 valence electrons. The van der Waals surface area contributed by atoms with Gasteiger partial charge < -0.3 is 0 Å². The molecule has 3 rings (SSSR count). The smallest absolute Gasteiger partial charge is 0.266 e. The van der Waals surface area contributed by atoms with E-state index in [9.17, 15) is 4.79 Å². The third kappa shape index (κ3) is 3.24. The van der Waals surface area contributed by atoms with Crippen molar-refractivity contribution in [1.29, 1.82) is 5.26 Å². The molecule has 0 saturated carbocycles. The van der Waals surface area contributed by atoms with Crippen LogP contribution in [0.3, 0.4) is 0 Å². The Bertz CT molecular complexity index is 939. The first-order valence-corrected chi connectivity index (χ1v) is 7.89. The minimum absolute atomic E-state index is 0.346. The number of benzene rings is 2. The molecule has 6 heteroatoms. The number of nitrogens with zero attached hydrogens (tertiary/aromatic N) is 2. The van der Waals surface area contributed by atoms with Crippen molar-refractivity contribution in [3.8, 4) is 6.07 Å². The molecule has 0 spiro atoms. The van der Waals surface area contributed by atoms with Gasteiger partial charge in [0, 0.05) is 10.1 Å². The molecule has 0 atom stereocenters. The predicted molar refractivity (Wildman–Crippen MR) is 93.1 cm³/mol. The lowest BCUT2D eigenvalue weighted by molar-refractivity contribution is 0.0959. The molecule has 0 aliphatic heterocycles. The molecule has 2 aromatic carbocycles. The van der Waals surface area contributed by atoms with Crippen LogP contribution < -0.4 is 5.43 Å². The molecule has 1 aromatic heterocycles. The summed E-state index contributed by atoms with van der Waals surface area (Å²) in [7, 11) is 0. The highest BCUT2D eigenvalue weighted by molar-refractivity contribution is 7.21. The van der Waals surface area contributed by atoms with Crippen LogP contribution in [0.25, 0.3) is 10.1 Å². The van der Waals surface area contributed by atoms with Gasteiger partial charge in [-0.15, -0.1) is 11.3 Å². The Labute approximate surface area is 141 Å². The van der Waals surface area contributed by atoms with Gasteiger partial charge in [-0.25, -0.2) is 5.43 Å². The quantitative estimate of drug-likeness (QED) is 0.574. The highest BCUT2D eigenvalue weighted by atomic mass is 35.5. The van der Waals surface area contributed by atoms with E-state index < -0.39 is 0 Å². The van der Waals surface area contributed by atoms with Crippen LogP contribution in [-0.4, -0.2) is 12.1 Å². The van der Waals surface area contributed by atoms with Crippen LogP contribution in [0.5, 0.6) is 0 Å². The molecule has 0 saturated heterocycles. The zero-order valence-electron chi connectivity index (χ0n) is 11.8. The molecule has 0 unspecified atom stereocenters. The predicted octanol–water partition coefficient (Wildman–Crippen LogP) is 4.19. The maximum atomic E-state index is 12.2. The Morgan fingerprint density at radius 1 is 1.22 bits per heavy atom. The van der Waals surface area contributed by atoms with E-state index in [0.29, 0.717) is 15.5 Å². The van der Waals surface area contributed by atoms with E-state index in [1.54, 1.807) is 24.3 Å². The lowest BCUT2D eigenvalue weighted by Gasteiger charge is -1.97. The maximum Gasteiger partial charge on any atom is 0.283 e. The Morgan fingerprint density at radius 3 is 2.65 bits per heavy atom. The normalized spacial score (nSPS) is 10.8. The number of fused-ring (bicyclic) bond motifs is 1. The van der Waals surface area contributed by atoms with Gasteiger partial charge in [0.25, 0.3) is 5.91 Å². The highest BCUT2D eigenvalue weighted by Crippen LogP contribution is 2.34. The molecule has 1 amide bonds. The highest BCUT2D eigenvalue weighted by Gasteiger charge is 2.16. The van der Waals surface area contributed by atoms with Crippen molar-refractivity contribution in [3.63, 3.8) is 0 Å². The lowest BCUT2D eigenvalue weighted by Crippen LogP contribution is -2.16. The maximum absolute atomic E-state index is 12.2. The second-order valence-corrected chi connectivity index (χ2v) is 6.10. The van der Waals surface area contributed by atoms with E-state index >= 15 is 0 Å². The average molecular weight is 340 g/mol. The zero-order chi connectivity index (χ0) is 16.2. The fourth-order valence-corrected chi connectivity index (χ4v) is 3.43. The first-order chi connectivity index (χ1) is 11.2. The van der Waals surface area contributed by atoms with Crippen molar-refractivity contribution >= 4 is 45.1 Å². The molecule has 3 aromatic rings. The van der Waals surface area contributed by atoms with Gasteiger partial charge in [0.2, 0.25) is 0 Å². The van der Waals surface area contributed by atoms with Crippen LogP contribution in [0.4, 0.5) is 0 Å². The number of rotatable bonds is 3. The standard InChI is InChI=1S/C17H10ClN3OS/c18-15-13-3-1-2-4-14(13)23-16(15)17(22)21-20-10-12-7-5-11(9-19)6-8-12/h1-8,10H,(H,21,22)/b20-10+. The Balaban J connectivity index is 1.74. The van der Waals surface area contributed by atoms with Gasteiger partial charge in [-0.3, -0.25) is 4.79 Å². The van der Waals surface area contributed by atoms with Crippen LogP contribution in [0.1, 0.15) is 20.8 Å². The summed E-state index contributed by atoms with van der Waals surface area (Å²) in [5, 5.41) is 14.0. The molecule has 0 fully saturated rings. The lowest BCUT2D eigenvalue weighted by atomic mass is 10.2. The van der Waals surface area contributed by atoms with Crippen LogP contribution in [0.15, 0.2) is 53.6 Å². The number of halogens is 1. The summed E-state index contributed by atoms with van der Waals surface area (Å²) >= 11 is 7.58. The molecular weight excluding hydrogens is 330 g/mol. The molecule has 0 bridgehead atoms. The van der Waals surface area contributed by atoms with E-state index in [0.717, 1.165) is 15.6 Å². The number of hydrogen-bond acceptors (Lipinski definition) is 4. The number of hydrazone groups is 1. The van der Waals surface area contributed by atoms with Crippen molar-refractivity contribution in [2.24, 2.45) is 5.10 Å². The molecule has 1 heterocycles. The molecule has 0 aliphatic carbocycles. The number of hydrogen-bond donors (Lipinski definition) is 1. The fraction of sp³-hybridized carbons (Fsp3) is 0. The van der Waals surface area contributed by atoms with E-state index in [2.05, 4.69) is 10.5 Å². The van der Waals surface area contributed by atoms with Crippen LogP contribution in [-0.2, 0) is 0 Å².